The molecule has 3 rings (SSSR count). The number of rotatable bonds is 5. The lowest BCUT2D eigenvalue weighted by Crippen LogP contribution is -2.43. The Bertz CT molecular complexity index is 968. The SMILES string of the molecule is CC(NC(=S)N1CCCN(CC(=O)Nc2ccccc2C(F)(F)F)CC1)c1ccc(F)cc1. The molecule has 0 saturated carbocycles. The Morgan fingerprint density at radius 3 is 2.45 bits per heavy atom. The Kier molecular flexibility index (Phi) is 8.25. The van der Waals surface area contributed by atoms with Gasteiger partial charge in [-0.25, -0.2) is 4.39 Å². The Labute approximate surface area is 195 Å². The zero-order valence-corrected chi connectivity index (χ0v) is 19.0. The maximum atomic E-state index is 13.1. The molecule has 0 spiro atoms. The molecule has 1 aliphatic heterocycles. The molecule has 2 aromatic carbocycles. The maximum Gasteiger partial charge on any atom is 0.418 e. The molecule has 2 N–H and O–H groups in total. The second kappa shape index (κ2) is 10.9. The average molecular weight is 483 g/mol. The van der Waals surface area contributed by atoms with Crippen LogP contribution in [0, 0.1) is 5.82 Å². The van der Waals surface area contributed by atoms with Gasteiger partial charge >= 0.3 is 6.18 Å². The first kappa shape index (κ1) is 24.9. The van der Waals surface area contributed by atoms with Gasteiger partial charge in [0.15, 0.2) is 5.11 Å². The molecule has 0 bridgehead atoms. The molecule has 1 heterocycles. The number of hydrogen-bond acceptors (Lipinski definition) is 3. The molecule has 5 nitrogen and oxygen atoms in total. The topological polar surface area (TPSA) is 47.6 Å². The molecule has 0 aromatic heterocycles. The van der Waals surface area contributed by atoms with Crippen LogP contribution < -0.4 is 10.6 Å². The van der Waals surface area contributed by atoms with E-state index in [0.717, 1.165) is 18.1 Å². The van der Waals surface area contributed by atoms with Crippen molar-refractivity contribution in [2.24, 2.45) is 0 Å². The minimum atomic E-state index is -4.54. The van der Waals surface area contributed by atoms with Crippen LogP contribution in [0.1, 0.15) is 30.5 Å². The van der Waals surface area contributed by atoms with E-state index in [0.29, 0.717) is 31.3 Å². The van der Waals surface area contributed by atoms with Crippen molar-refractivity contribution in [2.45, 2.75) is 25.6 Å². The van der Waals surface area contributed by atoms with E-state index in [-0.39, 0.29) is 24.1 Å². The second-order valence-electron chi connectivity index (χ2n) is 7.93. The highest BCUT2D eigenvalue weighted by Crippen LogP contribution is 2.34. The monoisotopic (exact) mass is 482 g/mol. The number of halogens is 4. The lowest BCUT2D eigenvalue weighted by Gasteiger charge is -2.27. The number of para-hydroxylation sites is 1. The number of nitrogens with zero attached hydrogens (tertiary/aromatic N) is 2. The Morgan fingerprint density at radius 1 is 1.06 bits per heavy atom. The van der Waals surface area contributed by atoms with Gasteiger partial charge < -0.3 is 15.5 Å². The van der Waals surface area contributed by atoms with E-state index in [1.165, 1.54) is 30.3 Å². The first-order valence-corrected chi connectivity index (χ1v) is 11.0. The number of amides is 1. The van der Waals surface area contributed by atoms with E-state index in [9.17, 15) is 22.4 Å². The van der Waals surface area contributed by atoms with Crippen molar-refractivity contribution < 1.29 is 22.4 Å². The number of anilines is 1. The number of nitrogens with one attached hydrogen (secondary N) is 2. The summed E-state index contributed by atoms with van der Waals surface area (Å²) in [6, 6.07) is 11.0. The summed E-state index contributed by atoms with van der Waals surface area (Å²) in [6.45, 7) is 4.37. The van der Waals surface area contributed by atoms with Crippen molar-refractivity contribution in [2.75, 3.05) is 38.0 Å². The van der Waals surface area contributed by atoms with Gasteiger partial charge in [0, 0.05) is 26.2 Å². The van der Waals surface area contributed by atoms with Crippen molar-refractivity contribution in [3.63, 3.8) is 0 Å². The third-order valence-electron chi connectivity index (χ3n) is 5.46. The van der Waals surface area contributed by atoms with Gasteiger partial charge in [0.1, 0.15) is 5.82 Å². The van der Waals surface area contributed by atoms with Crippen LogP contribution in [0.2, 0.25) is 0 Å². The lowest BCUT2D eigenvalue weighted by molar-refractivity contribution is -0.137. The molecule has 1 unspecified atom stereocenters. The molecule has 178 valence electrons. The number of thiocarbonyl (C=S) groups is 1. The summed E-state index contributed by atoms with van der Waals surface area (Å²) in [6.07, 6.45) is -3.79. The van der Waals surface area contributed by atoms with E-state index in [4.69, 9.17) is 12.2 Å². The molecule has 1 atom stereocenters. The summed E-state index contributed by atoms with van der Waals surface area (Å²) in [5, 5.41) is 6.21. The second-order valence-corrected chi connectivity index (χ2v) is 8.32. The highest BCUT2D eigenvalue weighted by Gasteiger charge is 2.33. The smallest absolute Gasteiger partial charge is 0.356 e. The zero-order chi connectivity index (χ0) is 24.0. The van der Waals surface area contributed by atoms with Gasteiger partial charge in [0.25, 0.3) is 0 Å². The number of carbonyl (C=O) groups excluding carboxylic acids is 1. The van der Waals surface area contributed by atoms with Crippen molar-refractivity contribution in [1.82, 2.24) is 15.1 Å². The first-order chi connectivity index (χ1) is 15.6. The van der Waals surface area contributed by atoms with Crippen LogP contribution in [-0.2, 0) is 11.0 Å². The minimum Gasteiger partial charge on any atom is -0.356 e. The van der Waals surface area contributed by atoms with Gasteiger partial charge in [-0.15, -0.1) is 0 Å². The molecule has 1 aliphatic rings. The van der Waals surface area contributed by atoms with Crippen LogP contribution in [-0.4, -0.2) is 53.5 Å². The fourth-order valence-electron chi connectivity index (χ4n) is 3.68. The van der Waals surface area contributed by atoms with E-state index in [1.54, 1.807) is 12.1 Å². The third-order valence-corrected chi connectivity index (χ3v) is 5.84. The highest BCUT2D eigenvalue weighted by molar-refractivity contribution is 7.80. The first-order valence-electron chi connectivity index (χ1n) is 10.6. The third kappa shape index (κ3) is 7.13. The summed E-state index contributed by atoms with van der Waals surface area (Å²) in [7, 11) is 0. The molecule has 0 radical (unpaired) electrons. The van der Waals surface area contributed by atoms with Crippen LogP contribution in [0.5, 0.6) is 0 Å². The molecule has 33 heavy (non-hydrogen) atoms. The number of carbonyl (C=O) groups is 1. The molecule has 1 saturated heterocycles. The summed E-state index contributed by atoms with van der Waals surface area (Å²) >= 11 is 5.53. The fraction of sp³-hybridized carbons (Fsp3) is 0.391. The van der Waals surface area contributed by atoms with Crippen molar-refractivity contribution in [1.29, 1.82) is 0 Å². The normalized spacial score (nSPS) is 16.1. The molecule has 0 aliphatic carbocycles. The minimum absolute atomic E-state index is 0.00773. The largest absolute Gasteiger partial charge is 0.418 e. The average Bonchev–Trinajstić information content (AvgIpc) is 2.99. The fourth-order valence-corrected chi connectivity index (χ4v) is 4.03. The highest BCUT2D eigenvalue weighted by atomic mass is 32.1. The van der Waals surface area contributed by atoms with E-state index in [1.807, 2.05) is 16.7 Å². The van der Waals surface area contributed by atoms with Gasteiger partial charge in [-0.05, 0) is 55.4 Å². The van der Waals surface area contributed by atoms with Crippen molar-refractivity contribution in [3.05, 3.63) is 65.5 Å². The van der Waals surface area contributed by atoms with Gasteiger partial charge in [0.05, 0.1) is 23.8 Å². The number of hydrogen-bond donors (Lipinski definition) is 2. The molecule has 2 aromatic rings. The summed E-state index contributed by atoms with van der Waals surface area (Å²) in [4.78, 5) is 16.3. The molecule has 10 heteroatoms. The van der Waals surface area contributed by atoms with Crippen LogP contribution in [0.3, 0.4) is 0 Å². The van der Waals surface area contributed by atoms with Crippen molar-refractivity contribution >= 4 is 28.9 Å². The van der Waals surface area contributed by atoms with Gasteiger partial charge in [-0.3, -0.25) is 9.69 Å². The van der Waals surface area contributed by atoms with Crippen LogP contribution in [0.4, 0.5) is 23.2 Å². The van der Waals surface area contributed by atoms with Crippen LogP contribution in [0.25, 0.3) is 0 Å². The lowest BCUT2D eigenvalue weighted by atomic mass is 10.1. The van der Waals surface area contributed by atoms with Gasteiger partial charge in [-0.2, -0.15) is 13.2 Å². The summed E-state index contributed by atoms with van der Waals surface area (Å²) in [5.74, 6) is -0.794. The zero-order valence-electron chi connectivity index (χ0n) is 18.2. The van der Waals surface area contributed by atoms with Crippen LogP contribution >= 0.6 is 12.2 Å². The Balaban J connectivity index is 1.51. The van der Waals surface area contributed by atoms with E-state index >= 15 is 0 Å². The van der Waals surface area contributed by atoms with Gasteiger partial charge in [0.2, 0.25) is 5.91 Å². The summed E-state index contributed by atoms with van der Waals surface area (Å²) < 4.78 is 52.6. The quantitative estimate of drug-likeness (QED) is 0.488. The predicted molar refractivity (Wildman–Crippen MR) is 123 cm³/mol. The van der Waals surface area contributed by atoms with Gasteiger partial charge in [-0.1, -0.05) is 24.3 Å². The number of benzene rings is 2. The maximum absolute atomic E-state index is 13.1. The molecule has 1 fully saturated rings. The van der Waals surface area contributed by atoms with Crippen molar-refractivity contribution in [3.8, 4) is 0 Å². The number of alkyl halides is 3. The van der Waals surface area contributed by atoms with Crippen LogP contribution in [0.15, 0.2) is 48.5 Å². The molecular formula is C23H26F4N4OS. The molecular weight excluding hydrogens is 456 g/mol. The van der Waals surface area contributed by atoms with E-state index in [2.05, 4.69) is 10.6 Å². The van der Waals surface area contributed by atoms with E-state index < -0.39 is 17.6 Å². The Morgan fingerprint density at radius 2 is 1.76 bits per heavy atom. The predicted octanol–water partition coefficient (Wildman–Crippen LogP) is 4.43. The Hall–Kier alpha value is -2.72. The standard InChI is InChI=1S/C23H26F4N4OS/c1-16(17-7-9-18(24)10-8-17)28-22(33)31-12-4-11-30(13-14-31)15-21(32)29-20-6-3-2-5-19(20)23(25,26)27/h2-3,5-10,16H,4,11-15H2,1H3,(H,28,33)(H,29,32). The molecule has 1 amide bonds. The summed E-state index contributed by atoms with van der Waals surface area (Å²) in [5.41, 5.74) is -0.204.